The standard InChI is InChI=1S/C20H26O9/c1-7-11-15(21)25-19(5,26-16(22)12-8-2)29-20(6,27-17(23)13-9-3)28-18(24)14-10-4/h7-14H,1-6H3/b11-7+,12-8+,13-9+,14-10+. The van der Waals surface area contributed by atoms with Gasteiger partial charge in [-0.3, -0.25) is 0 Å². The van der Waals surface area contributed by atoms with Gasteiger partial charge in [0.1, 0.15) is 0 Å². The fourth-order valence-corrected chi connectivity index (χ4v) is 1.87. The minimum Gasteiger partial charge on any atom is -0.395 e. The predicted octanol–water partition coefficient (Wildman–Crippen LogP) is 2.83. The third-order valence-electron chi connectivity index (χ3n) is 2.73. The zero-order valence-electron chi connectivity index (χ0n) is 17.3. The van der Waals surface area contributed by atoms with Crippen LogP contribution in [-0.2, 0) is 42.9 Å². The fraction of sp³-hybridized carbons (Fsp3) is 0.400. The highest BCUT2D eigenvalue weighted by molar-refractivity contribution is 5.84. The fourth-order valence-electron chi connectivity index (χ4n) is 1.87. The monoisotopic (exact) mass is 410 g/mol. The summed E-state index contributed by atoms with van der Waals surface area (Å²) < 4.78 is 25.5. The van der Waals surface area contributed by atoms with Gasteiger partial charge in [0.2, 0.25) is 0 Å². The Labute approximate surface area is 169 Å². The quantitative estimate of drug-likeness (QED) is 0.304. The van der Waals surface area contributed by atoms with E-state index in [9.17, 15) is 19.2 Å². The maximum Gasteiger partial charge on any atom is 0.379 e. The molecule has 0 atom stereocenters. The number of ether oxygens (including phenoxy) is 5. The molecule has 0 saturated carbocycles. The van der Waals surface area contributed by atoms with Crippen molar-refractivity contribution in [2.75, 3.05) is 0 Å². The van der Waals surface area contributed by atoms with Gasteiger partial charge in [-0.05, 0) is 27.7 Å². The summed E-state index contributed by atoms with van der Waals surface area (Å²) in [4.78, 5) is 47.6. The first kappa shape index (κ1) is 25.8. The molecule has 0 fully saturated rings. The lowest BCUT2D eigenvalue weighted by molar-refractivity contribution is -0.450. The lowest BCUT2D eigenvalue weighted by Gasteiger charge is -2.35. The van der Waals surface area contributed by atoms with Gasteiger partial charge in [-0.1, -0.05) is 24.3 Å². The SMILES string of the molecule is C/C=C/C(=O)OC(C)(OC(=O)/C=C/C)OC(C)(OC(=O)/C=C/C)OC(=O)/C=C/C. The Morgan fingerprint density at radius 3 is 0.897 bits per heavy atom. The molecule has 0 spiro atoms. The van der Waals surface area contributed by atoms with E-state index < -0.39 is 35.8 Å². The van der Waals surface area contributed by atoms with Crippen LogP contribution in [0.3, 0.4) is 0 Å². The molecule has 0 aromatic rings. The molecule has 0 aliphatic rings. The first-order chi connectivity index (χ1) is 13.5. The smallest absolute Gasteiger partial charge is 0.379 e. The van der Waals surface area contributed by atoms with Crippen LogP contribution in [0.1, 0.15) is 41.5 Å². The van der Waals surface area contributed by atoms with Gasteiger partial charge in [0.15, 0.2) is 0 Å². The first-order valence-corrected chi connectivity index (χ1v) is 8.66. The summed E-state index contributed by atoms with van der Waals surface area (Å²) in [6.45, 7) is 8.39. The molecule has 0 aliphatic carbocycles. The van der Waals surface area contributed by atoms with Crippen molar-refractivity contribution in [3.05, 3.63) is 48.6 Å². The minimum absolute atomic E-state index is 0.926. The first-order valence-electron chi connectivity index (χ1n) is 8.66. The maximum atomic E-state index is 11.9. The molecular weight excluding hydrogens is 384 g/mol. The predicted molar refractivity (Wildman–Crippen MR) is 102 cm³/mol. The highest BCUT2D eigenvalue weighted by Crippen LogP contribution is 2.27. The Morgan fingerprint density at radius 2 is 0.724 bits per heavy atom. The van der Waals surface area contributed by atoms with Gasteiger partial charge >= 0.3 is 35.8 Å². The van der Waals surface area contributed by atoms with Crippen LogP contribution in [0.15, 0.2) is 48.6 Å². The molecule has 0 amide bonds. The number of allylic oxidation sites excluding steroid dienone is 4. The van der Waals surface area contributed by atoms with Crippen molar-refractivity contribution in [1.29, 1.82) is 0 Å². The molecule has 0 aromatic carbocycles. The maximum absolute atomic E-state index is 11.9. The topological polar surface area (TPSA) is 114 Å². The summed E-state index contributed by atoms with van der Waals surface area (Å²) in [5.74, 6) is -8.52. The summed E-state index contributed by atoms with van der Waals surface area (Å²) in [5.41, 5.74) is 0. The van der Waals surface area contributed by atoms with Crippen LogP contribution in [0.25, 0.3) is 0 Å². The van der Waals surface area contributed by atoms with Crippen LogP contribution in [0.2, 0.25) is 0 Å². The molecule has 0 aliphatic heterocycles. The van der Waals surface area contributed by atoms with Gasteiger partial charge in [-0.25, -0.2) is 23.9 Å². The van der Waals surface area contributed by atoms with E-state index in [4.69, 9.17) is 23.7 Å². The number of carbonyl (C=O) groups is 4. The van der Waals surface area contributed by atoms with Gasteiger partial charge in [-0.15, -0.1) is 0 Å². The van der Waals surface area contributed by atoms with Crippen molar-refractivity contribution < 1.29 is 42.9 Å². The number of hydrogen-bond donors (Lipinski definition) is 0. The molecule has 9 nitrogen and oxygen atoms in total. The Morgan fingerprint density at radius 1 is 0.517 bits per heavy atom. The van der Waals surface area contributed by atoms with Gasteiger partial charge < -0.3 is 18.9 Å². The van der Waals surface area contributed by atoms with Gasteiger partial charge in [0, 0.05) is 38.2 Å². The van der Waals surface area contributed by atoms with Crippen molar-refractivity contribution in [1.82, 2.24) is 0 Å². The van der Waals surface area contributed by atoms with Crippen molar-refractivity contribution in [3.8, 4) is 0 Å². The zero-order valence-corrected chi connectivity index (χ0v) is 17.3. The Bertz CT molecular complexity index is 601. The summed E-state index contributed by atoms with van der Waals surface area (Å²) in [6, 6.07) is 0. The second kappa shape index (κ2) is 12.3. The van der Waals surface area contributed by atoms with E-state index >= 15 is 0 Å². The van der Waals surface area contributed by atoms with E-state index in [0.29, 0.717) is 0 Å². The lowest BCUT2D eigenvalue weighted by Crippen LogP contribution is -2.50. The third-order valence-corrected chi connectivity index (χ3v) is 2.73. The van der Waals surface area contributed by atoms with Crippen LogP contribution in [-0.4, -0.2) is 35.8 Å². The van der Waals surface area contributed by atoms with Gasteiger partial charge in [-0.2, -0.15) is 0 Å². The Balaban J connectivity index is 5.95. The van der Waals surface area contributed by atoms with E-state index in [1.54, 1.807) is 27.7 Å². The number of esters is 4. The molecule has 9 heteroatoms. The van der Waals surface area contributed by atoms with E-state index in [2.05, 4.69) is 0 Å². The molecule has 0 bridgehead atoms. The Kier molecular flexibility index (Phi) is 10.9. The van der Waals surface area contributed by atoms with Crippen molar-refractivity contribution in [2.45, 2.75) is 53.5 Å². The van der Waals surface area contributed by atoms with Gasteiger partial charge in [0.25, 0.3) is 0 Å². The normalized spacial score (nSPS) is 12.6. The summed E-state index contributed by atoms with van der Waals surface area (Å²) in [5, 5.41) is 0. The highest BCUT2D eigenvalue weighted by Gasteiger charge is 2.47. The summed E-state index contributed by atoms with van der Waals surface area (Å²) in [6.07, 6.45) is 9.70. The van der Waals surface area contributed by atoms with E-state index in [1.165, 1.54) is 24.3 Å². The summed E-state index contributed by atoms with van der Waals surface area (Å²) >= 11 is 0. The summed E-state index contributed by atoms with van der Waals surface area (Å²) in [7, 11) is 0. The van der Waals surface area contributed by atoms with Crippen molar-refractivity contribution in [3.63, 3.8) is 0 Å². The molecule has 0 radical (unpaired) electrons. The molecule has 0 unspecified atom stereocenters. The molecule has 0 saturated heterocycles. The molecule has 0 N–H and O–H groups in total. The number of rotatable bonds is 10. The Hall–Kier alpha value is -3.20. The number of hydrogen-bond acceptors (Lipinski definition) is 9. The van der Waals surface area contributed by atoms with Crippen LogP contribution < -0.4 is 0 Å². The molecule has 0 heterocycles. The second-order valence-corrected chi connectivity index (χ2v) is 5.51. The highest BCUT2D eigenvalue weighted by atomic mass is 17.0. The number of carbonyl (C=O) groups excluding carboxylic acids is 4. The zero-order chi connectivity index (χ0) is 22.5. The van der Waals surface area contributed by atoms with E-state index in [1.807, 2.05) is 0 Å². The van der Waals surface area contributed by atoms with E-state index in [0.717, 1.165) is 38.2 Å². The van der Waals surface area contributed by atoms with Crippen molar-refractivity contribution in [2.24, 2.45) is 0 Å². The van der Waals surface area contributed by atoms with Crippen molar-refractivity contribution >= 4 is 23.9 Å². The van der Waals surface area contributed by atoms with Crippen LogP contribution in [0.4, 0.5) is 0 Å². The second-order valence-electron chi connectivity index (χ2n) is 5.51. The molecule has 0 rings (SSSR count). The minimum atomic E-state index is -2.41. The third kappa shape index (κ3) is 10.6. The molecule has 0 aromatic heterocycles. The van der Waals surface area contributed by atoms with Gasteiger partial charge in [0.05, 0.1) is 0 Å². The largest absolute Gasteiger partial charge is 0.395 e. The average molecular weight is 410 g/mol. The molecule has 29 heavy (non-hydrogen) atoms. The lowest BCUT2D eigenvalue weighted by atomic mass is 10.4. The van der Waals surface area contributed by atoms with Crippen LogP contribution in [0, 0.1) is 0 Å². The molecule has 160 valence electrons. The van der Waals surface area contributed by atoms with E-state index in [-0.39, 0.29) is 0 Å². The average Bonchev–Trinajstić information content (AvgIpc) is 2.53. The molecular formula is C20H26O9. The van der Waals surface area contributed by atoms with Crippen LogP contribution >= 0.6 is 0 Å². The van der Waals surface area contributed by atoms with Crippen LogP contribution in [0.5, 0.6) is 0 Å².